The molecular weight excluding hydrogens is 224 g/mol. The van der Waals surface area contributed by atoms with Gasteiger partial charge in [0.05, 0.1) is 0 Å². The molecule has 1 aliphatic rings. The van der Waals surface area contributed by atoms with Crippen molar-refractivity contribution in [2.24, 2.45) is 11.1 Å². The largest absolute Gasteiger partial charge is 0.351 e. The van der Waals surface area contributed by atoms with Gasteiger partial charge in [0.1, 0.15) is 0 Å². The first-order chi connectivity index (χ1) is 8.43. The second kappa shape index (κ2) is 6.55. The number of rotatable bonds is 6. The van der Waals surface area contributed by atoms with Crippen molar-refractivity contribution in [2.45, 2.75) is 77.7 Å². The van der Waals surface area contributed by atoms with Crippen LogP contribution in [0.3, 0.4) is 0 Å². The fourth-order valence-electron chi connectivity index (χ4n) is 3.20. The molecule has 0 aromatic carbocycles. The first-order valence-corrected chi connectivity index (χ1v) is 7.44. The van der Waals surface area contributed by atoms with Gasteiger partial charge in [-0.2, -0.15) is 0 Å². The molecule has 0 aromatic rings. The van der Waals surface area contributed by atoms with Crippen molar-refractivity contribution in [3.63, 3.8) is 0 Å². The summed E-state index contributed by atoms with van der Waals surface area (Å²) in [6.45, 7) is 7.00. The van der Waals surface area contributed by atoms with Gasteiger partial charge in [0.15, 0.2) is 0 Å². The summed E-state index contributed by atoms with van der Waals surface area (Å²) in [4.78, 5) is 12.2. The van der Waals surface area contributed by atoms with Crippen LogP contribution in [0.15, 0.2) is 0 Å². The fraction of sp³-hybridized carbons (Fsp3) is 0.933. The van der Waals surface area contributed by atoms with Crippen molar-refractivity contribution in [1.29, 1.82) is 0 Å². The molecule has 0 radical (unpaired) electrons. The molecule has 0 bridgehead atoms. The zero-order valence-corrected chi connectivity index (χ0v) is 12.3. The third-order valence-corrected chi connectivity index (χ3v) is 4.24. The van der Waals surface area contributed by atoms with Crippen LogP contribution >= 0.6 is 0 Å². The van der Waals surface area contributed by atoms with Gasteiger partial charge in [-0.25, -0.2) is 0 Å². The molecule has 1 aliphatic carbocycles. The van der Waals surface area contributed by atoms with Crippen LogP contribution in [0.1, 0.15) is 72.1 Å². The lowest BCUT2D eigenvalue weighted by Gasteiger charge is -2.37. The topological polar surface area (TPSA) is 55.1 Å². The summed E-state index contributed by atoms with van der Waals surface area (Å²) in [5.41, 5.74) is 5.92. The Hall–Kier alpha value is -0.570. The lowest BCUT2D eigenvalue weighted by Crippen LogP contribution is -2.46. The zero-order chi connectivity index (χ0) is 13.6. The van der Waals surface area contributed by atoms with E-state index < -0.39 is 0 Å². The highest BCUT2D eigenvalue weighted by molar-refractivity contribution is 5.77. The predicted molar refractivity (Wildman–Crippen MR) is 76.3 cm³/mol. The summed E-state index contributed by atoms with van der Waals surface area (Å²) in [7, 11) is 0. The Balaban J connectivity index is 2.51. The van der Waals surface area contributed by atoms with Gasteiger partial charge in [-0.1, -0.05) is 32.6 Å². The Bertz CT molecular complexity index is 268. The van der Waals surface area contributed by atoms with E-state index in [0.29, 0.717) is 13.0 Å². The van der Waals surface area contributed by atoms with Crippen molar-refractivity contribution in [3.8, 4) is 0 Å². The average molecular weight is 254 g/mol. The molecule has 0 aromatic heterocycles. The molecular formula is C15H30N2O. The Morgan fingerprint density at radius 1 is 1.28 bits per heavy atom. The monoisotopic (exact) mass is 254 g/mol. The van der Waals surface area contributed by atoms with Crippen LogP contribution in [0.2, 0.25) is 0 Å². The van der Waals surface area contributed by atoms with Gasteiger partial charge >= 0.3 is 0 Å². The van der Waals surface area contributed by atoms with E-state index in [1.807, 2.05) is 0 Å². The lowest BCUT2D eigenvalue weighted by molar-refractivity contribution is -0.125. The minimum Gasteiger partial charge on any atom is -0.351 e. The third kappa shape index (κ3) is 4.60. The Kier molecular flexibility index (Phi) is 5.64. The molecule has 0 saturated heterocycles. The molecule has 18 heavy (non-hydrogen) atoms. The van der Waals surface area contributed by atoms with Gasteiger partial charge < -0.3 is 11.1 Å². The molecule has 0 aliphatic heterocycles. The normalized spacial score (nSPS) is 19.6. The first kappa shape index (κ1) is 15.5. The summed E-state index contributed by atoms with van der Waals surface area (Å²) in [5.74, 6) is 0.181. The van der Waals surface area contributed by atoms with Crippen molar-refractivity contribution < 1.29 is 4.79 Å². The van der Waals surface area contributed by atoms with E-state index in [1.54, 1.807) is 0 Å². The molecule has 0 unspecified atom stereocenters. The molecule has 0 spiro atoms. The SMILES string of the molecule is CCCC(C)(C)NC(=O)CC1(CN)CCCCC1. The van der Waals surface area contributed by atoms with E-state index in [9.17, 15) is 4.79 Å². The molecule has 0 atom stereocenters. The van der Waals surface area contributed by atoms with Crippen LogP contribution in [-0.4, -0.2) is 18.0 Å². The number of nitrogens with one attached hydrogen (secondary N) is 1. The minimum atomic E-state index is -0.0870. The summed E-state index contributed by atoms with van der Waals surface area (Å²) < 4.78 is 0. The quantitative estimate of drug-likeness (QED) is 0.765. The Morgan fingerprint density at radius 3 is 2.39 bits per heavy atom. The number of amides is 1. The molecule has 3 nitrogen and oxygen atoms in total. The van der Waals surface area contributed by atoms with Gasteiger partial charge in [0.25, 0.3) is 0 Å². The second-order valence-corrected chi connectivity index (χ2v) is 6.62. The average Bonchev–Trinajstić information content (AvgIpc) is 2.29. The summed E-state index contributed by atoms with van der Waals surface area (Å²) in [6, 6.07) is 0. The van der Waals surface area contributed by atoms with Crippen LogP contribution in [0.5, 0.6) is 0 Å². The first-order valence-electron chi connectivity index (χ1n) is 7.44. The number of nitrogens with two attached hydrogens (primary N) is 1. The summed E-state index contributed by atoms with van der Waals surface area (Å²) >= 11 is 0. The van der Waals surface area contributed by atoms with Gasteiger partial charge in [-0.15, -0.1) is 0 Å². The van der Waals surface area contributed by atoms with Crippen LogP contribution in [0.4, 0.5) is 0 Å². The van der Waals surface area contributed by atoms with E-state index in [2.05, 4.69) is 26.1 Å². The van der Waals surface area contributed by atoms with Gasteiger partial charge in [-0.05, 0) is 45.1 Å². The van der Waals surface area contributed by atoms with E-state index in [4.69, 9.17) is 5.73 Å². The number of hydrogen-bond acceptors (Lipinski definition) is 2. The minimum absolute atomic E-state index is 0.0740. The van der Waals surface area contributed by atoms with E-state index >= 15 is 0 Å². The van der Waals surface area contributed by atoms with Crippen molar-refractivity contribution in [3.05, 3.63) is 0 Å². The number of carbonyl (C=O) groups excluding carboxylic acids is 1. The smallest absolute Gasteiger partial charge is 0.221 e. The van der Waals surface area contributed by atoms with E-state index in [1.165, 1.54) is 19.3 Å². The van der Waals surface area contributed by atoms with Crippen molar-refractivity contribution >= 4 is 5.91 Å². The van der Waals surface area contributed by atoms with Crippen LogP contribution in [0.25, 0.3) is 0 Å². The molecule has 3 heteroatoms. The van der Waals surface area contributed by atoms with Gasteiger partial charge in [-0.3, -0.25) is 4.79 Å². The molecule has 106 valence electrons. The Morgan fingerprint density at radius 2 is 1.89 bits per heavy atom. The van der Waals surface area contributed by atoms with Crippen LogP contribution < -0.4 is 11.1 Å². The van der Waals surface area contributed by atoms with Gasteiger partial charge in [0.2, 0.25) is 5.91 Å². The lowest BCUT2D eigenvalue weighted by atomic mass is 9.71. The number of hydrogen-bond donors (Lipinski definition) is 2. The molecule has 1 fully saturated rings. The predicted octanol–water partition coefficient (Wildman–Crippen LogP) is 2.98. The van der Waals surface area contributed by atoms with Crippen molar-refractivity contribution in [2.75, 3.05) is 6.54 Å². The second-order valence-electron chi connectivity index (χ2n) is 6.62. The zero-order valence-electron chi connectivity index (χ0n) is 12.3. The summed E-state index contributed by atoms with van der Waals surface area (Å²) in [6.07, 6.45) is 8.70. The molecule has 3 N–H and O–H groups in total. The Labute approximate surface area is 112 Å². The van der Waals surface area contributed by atoms with Crippen molar-refractivity contribution in [1.82, 2.24) is 5.32 Å². The fourth-order valence-corrected chi connectivity index (χ4v) is 3.20. The maximum atomic E-state index is 12.2. The van der Waals surface area contributed by atoms with Crippen LogP contribution in [-0.2, 0) is 4.79 Å². The van der Waals surface area contributed by atoms with Gasteiger partial charge in [0, 0.05) is 12.0 Å². The van der Waals surface area contributed by atoms with Crippen LogP contribution in [0, 0.1) is 5.41 Å². The third-order valence-electron chi connectivity index (χ3n) is 4.24. The maximum Gasteiger partial charge on any atom is 0.221 e. The molecule has 0 heterocycles. The molecule has 1 saturated carbocycles. The number of carbonyl (C=O) groups is 1. The highest BCUT2D eigenvalue weighted by atomic mass is 16.1. The van der Waals surface area contributed by atoms with E-state index in [0.717, 1.165) is 25.7 Å². The molecule has 1 rings (SSSR count). The standard InChI is InChI=1S/C15H30N2O/c1-4-8-14(2,3)17-13(18)11-15(12-16)9-6-5-7-10-15/h4-12,16H2,1-3H3,(H,17,18). The maximum absolute atomic E-state index is 12.2. The van der Waals surface area contributed by atoms with E-state index in [-0.39, 0.29) is 16.9 Å². The summed E-state index contributed by atoms with van der Waals surface area (Å²) in [5, 5.41) is 3.17. The highest BCUT2D eigenvalue weighted by Gasteiger charge is 2.34. The highest BCUT2D eigenvalue weighted by Crippen LogP contribution is 2.38. The molecule has 1 amide bonds.